The van der Waals surface area contributed by atoms with Gasteiger partial charge >= 0.3 is 11.9 Å². The maximum atomic E-state index is 13.8. The van der Waals surface area contributed by atoms with E-state index in [1.165, 1.54) is 0 Å². The van der Waals surface area contributed by atoms with Crippen LogP contribution >= 0.6 is 0 Å². The Morgan fingerprint density at radius 1 is 1.03 bits per heavy atom. The third-order valence-electron chi connectivity index (χ3n) is 4.51. The monoisotopic (exact) mass is 415 g/mol. The van der Waals surface area contributed by atoms with Gasteiger partial charge in [-0.2, -0.15) is 0 Å². The number of nitrogens with two attached hydrogens (primary N) is 1. The molecule has 2 amide bonds. The van der Waals surface area contributed by atoms with Crippen LogP contribution in [0.2, 0.25) is 0 Å². The summed E-state index contributed by atoms with van der Waals surface area (Å²) in [5, 5.41) is 2.21. The maximum Gasteiger partial charge on any atom is 0.398 e. The van der Waals surface area contributed by atoms with Gasteiger partial charge in [0.25, 0.3) is 0 Å². The highest BCUT2D eigenvalue weighted by molar-refractivity contribution is 6.32. The minimum absolute atomic E-state index is 0.0248. The SMILES string of the molecule is CCOC(=O)C(=O)N1CCCCCN1C(=O)C[C@H](N)Cc1cc(F)c(F)cc1F. The van der Waals surface area contributed by atoms with E-state index < -0.39 is 41.3 Å². The number of nitrogens with zero attached hydrogens (tertiary/aromatic N) is 2. The van der Waals surface area contributed by atoms with Crippen molar-refractivity contribution in [2.75, 3.05) is 19.7 Å². The third kappa shape index (κ3) is 5.93. The first-order valence-electron chi connectivity index (χ1n) is 9.42. The molecule has 1 heterocycles. The molecule has 160 valence electrons. The van der Waals surface area contributed by atoms with E-state index >= 15 is 0 Å². The van der Waals surface area contributed by atoms with Crippen molar-refractivity contribution in [2.24, 2.45) is 5.73 Å². The van der Waals surface area contributed by atoms with Gasteiger partial charge in [-0.05, 0) is 44.2 Å². The minimum atomic E-state index is -1.31. The van der Waals surface area contributed by atoms with Crippen LogP contribution in [0.5, 0.6) is 0 Å². The number of amides is 2. The number of carbonyl (C=O) groups excluding carboxylic acids is 3. The van der Waals surface area contributed by atoms with Gasteiger partial charge in [0.1, 0.15) is 5.82 Å². The van der Waals surface area contributed by atoms with E-state index in [4.69, 9.17) is 10.5 Å². The predicted molar refractivity (Wildman–Crippen MR) is 96.5 cm³/mol. The Labute approximate surface area is 166 Å². The lowest BCUT2D eigenvalue weighted by atomic mass is 10.0. The molecule has 0 saturated carbocycles. The van der Waals surface area contributed by atoms with Crippen molar-refractivity contribution < 1.29 is 32.3 Å². The van der Waals surface area contributed by atoms with Gasteiger partial charge in [-0.1, -0.05) is 0 Å². The molecule has 0 radical (unpaired) electrons. The second kappa shape index (κ2) is 10.2. The number of hydrogen-bond donors (Lipinski definition) is 1. The van der Waals surface area contributed by atoms with Crippen LogP contribution in [0, 0.1) is 17.5 Å². The van der Waals surface area contributed by atoms with E-state index in [-0.39, 0.29) is 38.1 Å². The van der Waals surface area contributed by atoms with Crippen molar-refractivity contribution in [1.29, 1.82) is 0 Å². The quantitative estimate of drug-likeness (QED) is 0.449. The van der Waals surface area contributed by atoms with Crippen LogP contribution in [0.1, 0.15) is 38.2 Å². The molecule has 1 aliphatic heterocycles. The van der Waals surface area contributed by atoms with Gasteiger partial charge < -0.3 is 10.5 Å². The Hall–Kier alpha value is -2.62. The molecule has 2 N–H and O–H groups in total. The number of esters is 1. The summed E-state index contributed by atoms with van der Waals surface area (Å²) in [5.74, 6) is -6.00. The van der Waals surface area contributed by atoms with Gasteiger partial charge in [0.05, 0.1) is 6.61 Å². The van der Waals surface area contributed by atoms with Crippen LogP contribution in [-0.4, -0.2) is 53.5 Å². The molecule has 1 fully saturated rings. The van der Waals surface area contributed by atoms with Crippen LogP contribution in [0.4, 0.5) is 13.2 Å². The molecule has 1 aliphatic rings. The number of halogens is 3. The van der Waals surface area contributed by atoms with Gasteiger partial charge in [-0.25, -0.2) is 23.0 Å². The van der Waals surface area contributed by atoms with Crippen LogP contribution in [0.25, 0.3) is 0 Å². The second-order valence-corrected chi connectivity index (χ2v) is 6.75. The van der Waals surface area contributed by atoms with E-state index in [9.17, 15) is 27.6 Å². The first kappa shape index (κ1) is 22.7. The number of hydrogen-bond acceptors (Lipinski definition) is 5. The largest absolute Gasteiger partial charge is 0.459 e. The predicted octanol–water partition coefficient (Wildman–Crippen LogP) is 1.68. The zero-order valence-corrected chi connectivity index (χ0v) is 16.1. The molecule has 0 bridgehead atoms. The molecule has 2 rings (SSSR count). The van der Waals surface area contributed by atoms with Gasteiger partial charge in [0.15, 0.2) is 11.6 Å². The molecule has 1 saturated heterocycles. The number of carbonyl (C=O) groups is 3. The van der Waals surface area contributed by atoms with E-state index in [1.807, 2.05) is 0 Å². The van der Waals surface area contributed by atoms with Gasteiger partial charge in [-0.15, -0.1) is 0 Å². The van der Waals surface area contributed by atoms with Crippen LogP contribution < -0.4 is 5.73 Å². The van der Waals surface area contributed by atoms with E-state index in [2.05, 4.69) is 0 Å². The summed E-state index contributed by atoms with van der Waals surface area (Å²) >= 11 is 0. The fraction of sp³-hybridized carbons (Fsp3) is 0.526. The molecule has 1 aromatic rings. The molecule has 1 aromatic carbocycles. The fourth-order valence-electron chi connectivity index (χ4n) is 3.11. The molecule has 29 heavy (non-hydrogen) atoms. The molecule has 10 heteroatoms. The zero-order valence-electron chi connectivity index (χ0n) is 16.1. The van der Waals surface area contributed by atoms with E-state index in [1.54, 1.807) is 6.92 Å². The first-order chi connectivity index (χ1) is 13.7. The summed E-state index contributed by atoms with van der Waals surface area (Å²) in [6.45, 7) is 1.98. The van der Waals surface area contributed by atoms with E-state index in [0.29, 0.717) is 25.0 Å². The number of rotatable bonds is 5. The van der Waals surface area contributed by atoms with Crippen molar-refractivity contribution in [3.8, 4) is 0 Å². The van der Waals surface area contributed by atoms with Crippen molar-refractivity contribution in [3.63, 3.8) is 0 Å². The van der Waals surface area contributed by atoms with Gasteiger partial charge in [0.2, 0.25) is 5.91 Å². The minimum Gasteiger partial charge on any atom is -0.459 e. The maximum absolute atomic E-state index is 13.8. The molecule has 0 aliphatic carbocycles. The first-order valence-corrected chi connectivity index (χ1v) is 9.42. The Balaban J connectivity index is 2.08. The van der Waals surface area contributed by atoms with Gasteiger partial charge in [0, 0.05) is 31.6 Å². The Bertz CT molecular complexity index is 775. The lowest BCUT2D eigenvalue weighted by Crippen LogP contribution is -2.53. The molecule has 7 nitrogen and oxygen atoms in total. The van der Waals surface area contributed by atoms with E-state index in [0.717, 1.165) is 16.4 Å². The van der Waals surface area contributed by atoms with Crippen molar-refractivity contribution >= 4 is 17.8 Å². The molecular formula is C19H24F3N3O4. The molecular weight excluding hydrogens is 391 g/mol. The molecule has 0 spiro atoms. The normalized spacial score (nSPS) is 15.6. The highest BCUT2D eigenvalue weighted by Crippen LogP contribution is 2.18. The smallest absolute Gasteiger partial charge is 0.398 e. The van der Waals surface area contributed by atoms with Crippen molar-refractivity contribution in [3.05, 3.63) is 35.1 Å². The Morgan fingerprint density at radius 3 is 2.31 bits per heavy atom. The van der Waals surface area contributed by atoms with Crippen molar-refractivity contribution in [2.45, 2.75) is 45.1 Å². The summed E-state index contributed by atoms with van der Waals surface area (Å²) < 4.78 is 44.9. The lowest BCUT2D eigenvalue weighted by molar-refractivity contribution is -0.174. The van der Waals surface area contributed by atoms with Gasteiger partial charge in [-0.3, -0.25) is 14.6 Å². The summed E-state index contributed by atoms with van der Waals surface area (Å²) in [6.07, 6.45) is 1.54. The summed E-state index contributed by atoms with van der Waals surface area (Å²) in [4.78, 5) is 36.9. The Kier molecular flexibility index (Phi) is 8.00. The number of ether oxygens (including phenoxy) is 1. The molecule has 0 aromatic heterocycles. The Morgan fingerprint density at radius 2 is 1.66 bits per heavy atom. The zero-order chi connectivity index (χ0) is 21.6. The summed E-state index contributed by atoms with van der Waals surface area (Å²) in [5.41, 5.74) is 5.76. The average Bonchev–Trinajstić information content (AvgIpc) is 2.91. The summed E-state index contributed by atoms with van der Waals surface area (Å²) in [7, 11) is 0. The van der Waals surface area contributed by atoms with Crippen LogP contribution in [0.3, 0.4) is 0 Å². The van der Waals surface area contributed by atoms with Crippen LogP contribution in [-0.2, 0) is 25.5 Å². The third-order valence-corrected chi connectivity index (χ3v) is 4.51. The van der Waals surface area contributed by atoms with Crippen molar-refractivity contribution in [1.82, 2.24) is 10.0 Å². The summed E-state index contributed by atoms with van der Waals surface area (Å²) in [6, 6.07) is 0.232. The lowest BCUT2D eigenvalue weighted by Gasteiger charge is -2.33. The topological polar surface area (TPSA) is 92.9 Å². The molecule has 1 atom stereocenters. The van der Waals surface area contributed by atoms with Crippen LogP contribution in [0.15, 0.2) is 12.1 Å². The highest BCUT2D eigenvalue weighted by atomic mass is 19.2. The average molecular weight is 415 g/mol. The fourth-order valence-corrected chi connectivity index (χ4v) is 3.11. The number of hydrazine groups is 1. The standard InChI is InChI=1S/C19H24F3N3O4/c1-2-29-19(28)18(27)25-7-5-3-4-6-24(25)17(26)10-13(23)8-12-9-15(21)16(22)11-14(12)20/h9,11,13H,2-8,10,23H2,1H3/t13-/m1/s1. The second-order valence-electron chi connectivity index (χ2n) is 6.75. The molecule has 0 unspecified atom stereocenters. The number of benzene rings is 1. The highest BCUT2D eigenvalue weighted by Gasteiger charge is 2.32.